The number of rotatable bonds is 4. The number of nitrogens with one attached hydrogen (secondary N) is 1. The number of nitrogens with two attached hydrogens (primary N) is 1. The molecular weight excluding hydrogens is 274 g/mol. The van der Waals surface area contributed by atoms with Crippen LogP contribution < -0.4 is 11.1 Å². The lowest BCUT2D eigenvalue weighted by Crippen LogP contribution is -2.36. The predicted octanol–water partition coefficient (Wildman–Crippen LogP) is 3.20. The van der Waals surface area contributed by atoms with Gasteiger partial charge in [0.2, 0.25) is 5.91 Å². The number of amides is 1. The van der Waals surface area contributed by atoms with Crippen molar-refractivity contribution in [1.29, 1.82) is 0 Å². The standard InChI is InChI=1S/C15H18ClN3O/c1-9(2)8-12(17)15(20)19-13-6-5-11(16)14-10(13)4-3-7-18-14/h3-7,9,12H,8,17H2,1-2H3,(H,19,20). The minimum Gasteiger partial charge on any atom is -0.324 e. The van der Waals surface area contributed by atoms with Crippen molar-refractivity contribution in [3.63, 3.8) is 0 Å². The summed E-state index contributed by atoms with van der Waals surface area (Å²) in [5.41, 5.74) is 7.24. The van der Waals surface area contributed by atoms with E-state index in [1.165, 1.54) is 0 Å². The molecule has 5 heteroatoms. The summed E-state index contributed by atoms with van der Waals surface area (Å²) in [7, 11) is 0. The molecule has 20 heavy (non-hydrogen) atoms. The topological polar surface area (TPSA) is 68.0 Å². The van der Waals surface area contributed by atoms with E-state index in [0.29, 0.717) is 28.6 Å². The van der Waals surface area contributed by atoms with Gasteiger partial charge in [-0.05, 0) is 36.6 Å². The first-order valence-electron chi connectivity index (χ1n) is 6.58. The number of pyridine rings is 1. The molecule has 3 N–H and O–H groups in total. The van der Waals surface area contributed by atoms with E-state index in [9.17, 15) is 4.79 Å². The Morgan fingerprint density at radius 3 is 2.85 bits per heavy atom. The molecule has 0 aliphatic heterocycles. The monoisotopic (exact) mass is 291 g/mol. The van der Waals surface area contributed by atoms with E-state index >= 15 is 0 Å². The first-order valence-corrected chi connectivity index (χ1v) is 6.96. The molecule has 2 aromatic rings. The minimum absolute atomic E-state index is 0.189. The van der Waals surface area contributed by atoms with Crippen LogP contribution in [-0.4, -0.2) is 16.9 Å². The van der Waals surface area contributed by atoms with Crippen LogP contribution in [-0.2, 0) is 4.79 Å². The molecule has 4 nitrogen and oxygen atoms in total. The number of fused-ring (bicyclic) bond motifs is 1. The summed E-state index contributed by atoms with van der Waals surface area (Å²) < 4.78 is 0. The molecule has 0 saturated carbocycles. The molecule has 0 aliphatic carbocycles. The van der Waals surface area contributed by atoms with Gasteiger partial charge in [0.1, 0.15) is 0 Å². The van der Waals surface area contributed by atoms with E-state index in [1.54, 1.807) is 18.3 Å². The van der Waals surface area contributed by atoms with Crippen LogP contribution in [0, 0.1) is 5.92 Å². The van der Waals surface area contributed by atoms with Crippen molar-refractivity contribution in [1.82, 2.24) is 4.98 Å². The highest BCUT2D eigenvalue weighted by atomic mass is 35.5. The number of hydrogen-bond acceptors (Lipinski definition) is 3. The fourth-order valence-electron chi connectivity index (χ4n) is 2.09. The van der Waals surface area contributed by atoms with Gasteiger partial charge in [0.05, 0.1) is 22.3 Å². The number of benzene rings is 1. The molecule has 0 radical (unpaired) electrons. The van der Waals surface area contributed by atoms with Gasteiger partial charge >= 0.3 is 0 Å². The molecule has 0 bridgehead atoms. The molecule has 0 spiro atoms. The van der Waals surface area contributed by atoms with E-state index in [-0.39, 0.29) is 5.91 Å². The number of aromatic nitrogens is 1. The second kappa shape index (κ2) is 6.20. The predicted molar refractivity (Wildman–Crippen MR) is 82.8 cm³/mol. The summed E-state index contributed by atoms with van der Waals surface area (Å²) in [6, 6.07) is 6.66. The van der Waals surface area contributed by atoms with Crippen molar-refractivity contribution in [2.75, 3.05) is 5.32 Å². The molecule has 0 saturated heterocycles. The van der Waals surface area contributed by atoms with Crippen LogP contribution in [0.15, 0.2) is 30.5 Å². The summed E-state index contributed by atoms with van der Waals surface area (Å²) >= 11 is 6.10. The minimum atomic E-state index is -0.516. The molecule has 0 fully saturated rings. The SMILES string of the molecule is CC(C)CC(N)C(=O)Nc1ccc(Cl)c2ncccc12. The average Bonchev–Trinajstić information content (AvgIpc) is 2.41. The quantitative estimate of drug-likeness (QED) is 0.909. The molecule has 1 aromatic heterocycles. The fourth-order valence-corrected chi connectivity index (χ4v) is 2.30. The normalized spacial score (nSPS) is 12.7. The molecule has 1 amide bonds. The van der Waals surface area contributed by atoms with Crippen LogP contribution in [0.25, 0.3) is 10.9 Å². The maximum Gasteiger partial charge on any atom is 0.241 e. The average molecular weight is 292 g/mol. The van der Waals surface area contributed by atoms with Crippen molar-refractivity contribution in [3.05, 3.63) is 35.5 Å². The Labute approximate surface area is 123 Å². The molecular formula is C15H18ClN3O. The summed E-state index contributed by atoms with van der Waals surface area (Å²) in [6.45, 7) is 4.07. The van der Waals surface area contributed by atoms with E-state index in [0.717, 1.165) is 5.39 Å². The number of carbonyl (C=O) groups excluding carboxylic acids is 1. The number of nitrogens with zero attached hydrogens (tertiary/aromatic N) is 1. The summed E-state index contributed by atoms with van der Waals surface area (Å²) in [5, 5.41) is 4.23. The van der Waals surface area contributed by atoms with Crippen molar-refractivity contribution in [3.8, 4) is 0 Å². The van der Waals surface area contributed by atoms with Gasteiger partial charge in [0, 0.05) is 11.6 Å². The van der Waals surface area contributed by atoms with E-state index < -0.39 is 6.04 Å². The Bertz CT molecular complexity index is 628. The molecule has 1 heterocycles. The maximum absolute atomic E-state index is 12.1. The zero-order valence-corrected chi connectivity index (χ0v) is 12.3. The fraction of sp³-hybridized carbons (Fsp3) is 0.333. The van der Waals surface area contributed by atoms with Gasteiger partial charge in [-0.2, -0.15) is 0 Å². The number of halogens is 1. The Balaban J connectivity index is 2.26. The summed E-state index contributed by atoms with van der Waals surface area (Å²) in [6.07, 6.45) is 2.32. The Hall–Kier alpha value is -1.65. The molecule has 1 atom stereocenters. The highest BCUT2D eigenvalue weighted by Gasteiger charge is 2.16. The Morgan fingerprint density at radius 2 is 2.15 bits per heavy atom. The molecule has 1 unspecified atom stereocenters. The van der Waals surface area contributed by atoms with Gasteiger partial charge in [-0.15, -0.1) is 0 Å². The van der Waals surface area contributed by atoms with Crippen LogP contribution in [0.1, 0.15) is 20.3 Å². The third kappa shape index (κ3) is 3.26. The van der Waals surface area contributed by atoms with Gasteiger partial charge in [-0.25, -0.2) is 0 Å². The highest BCUT2D eigenvalue weighted by molar-refractivity contribution is 6.35. The molecule has 1 aromatic carbocycles. The van der Waals surface area contributed by atoms with Gasteiger partial charge in [-0.3, -0.25) is 9.78 Å². The van der Waals surface area contributed by atoms with Crippen LogP contribution >= 0.6 is 11.6 Å². The zero-order chi connectivity index (χ0) is 14.7. The lowest BCUT2D eigenvalue weighted by atomic mass is 10.0. The van der Waals surface area contributed by atoms with Crippen LogP contribution in [0.3, 0.4) is 0 Å². The number of anilines is 1. The number of hydrogen-bond donors (Lipinski definition) is 2. The van der Waals surface area contributed by atoms with E-state index in [2.05, 4.69) is 10.3 Å². The van der Waals surface area contributed by atoms with E-state index in [1.807, 2.05) is 26.0 Å². The van der Waals surface area contributed by atoms with Crippen molar-refractivity contribution in [2.24, 2.45) is 11.7 Å². The van der Waals surface area contributed by atoms with Crippen LogP contribution in [0.4, 0.5) is 5.69 Å². The van der Waals surface area contributed by atoms with E-state index in [4.69, 9.17) is 17.3 Å². The zero-order valence-electron chi connectivity index (χ0n) is 11.6. The summed E-state index contributed by atoms with van der Waals surface area (Å²) in [5.74, 6) is 0.186. The second-order valence-electron chi connectivity index (χ2n) is 5.22. The van der Waals surface area contributed by atoms with Crippen LogP contribution in [0.2, 0.25) is 5.02 Å². The molecule has 0 aliphatic rings. The van der Waals surface area contributed by atoms with Crippen molar-refractivity contribution < 1.29 is 4.79 Å². The molecule has 106 valence electrons. The van der Waals surface area contributed by atoms with Gasteiger partial charge < -0.3 is 11.1 Å². The van der Waals surface area contributed by atoms with Gasteiger partial charge in [0.15, 0.2) is 0 Å². The van der Waals surface area contributed by atoms with Gasteiger partial charge in [-0.1, -0.05) is 25.4 Å². The first kappa shape index (κ1) is 14.8. The third-order valence-electron chi connectivity index (χ3n) is 3.04. The van der Waals surface area contributed by atoms with Crippen LogP contribution in [0.5, 0.6) is 0 Å². The first-order chi connectivity index (χ1) is 9.49. The Kier molecular flexibility index (Phi) is 4.57. The Morgan fingerprint density at radius 1 is 1.40 bits per heavy atom. The summed E-state index contributed by atoms with van der Waals surface area (Å²) in [4.78, 5) is 16.3. The second-order valence-corrected chi connectivity index (χ2v) is 5.63. The lowest BCUT2D eigenvalue weighted by Gasteiger charge is -2.15. The highest BCUT2D eigenvalue weighted by Crippen LogP contribution is 2.28. The number of carbonyl (C=O) groups is 1. The maximum atomic E-state index is 12.1. The largest absolute Gasteiger partial charge is 0.324 e. The van der Waals surface area contributed by atoms with Gasteiger partial charge in [0.25, 0.3) is 0 Å². The smallest absolute Gasteiger partial charge is 0.241 e. The molecule has 2 rings (SSSR count). The van der Waals surface area contributed by atoms with Crippen molar-refractivity contribution >= 4 is 34.1 Å². The third-order valence-corrected chi connectivity index (χ3v) is 3.35. The lowest BCUT2D eigenvalue weighted by molar-refractivity contribution is -0.117. The van der Waals surface area contributed by atoms with Crippen molar-refractivity contribution in [2.45, 2.75) is 26.3 Å².